The first-order valence-electron chi connectivity index (χ1n) is 5.28. The lowest BCUT2D eigenvalue weighted by Gasteiger charge is -2.07. The number of hydrogen-bond acceptors (Lipinski definition) is 3. The van der Waals surface area contributed by atoms with Gasteiger partial charge in [-0.3, -0.25) is 0 Å². The second-order valence-corrected chi connectivity index (χ2v) is 5.38. The van der Waals surface area contributed by atoms with Crippen LogP contribution in [0, 0.1) is 11.6 Å². The molecule has 0 bridgehead atoms. The molecule has 0 aliphatic heterocycles. The standard InChI is InChI=1S/C12H7Br2F2NO3/c13-7-1-5(20-11(7)14)4-17-10-2-6(12(18)19)8(15)3-9(10)16/h1-3,17H,4H2,(H,18,19). The number of furan rings is 1. The SMILES string of the molecule is O=C(O)c1cc(NCc2cc(Br)c(Br)o2)c(F)cc1F. The molecule has 1 aromatic heterocycles. The molecule has 0 saturated heterocycles. The number of nitrogens with one attached hydrogen (secondary N) is 1. The minimum atomic E-state index is -1.46. The van der Waals surface area contributed by atoms with Crippen LogP contribution in [0.1, 0.15) is 16.1 Å². The van der Waals surface area contributed by atoms with Crippen molar-refractivity contribution < 1.29 is 23.1 Å². The van der Waals surface area contributed by atoms with Crippen molar-refractivity contribution in [1.82, 2.24) is 0 Å². The molecular weight excluding hydrogens is 404 g/mol. The molecule has 106 valence electrons. The van der Waals surface area contributed by atoms with Gasteiger partial charge in [0.25, 0.3) is 0 Å². The molecule has 4 nitrogen and oxygen atoms in total. The van der Waals surface area contributed by atoms with Gasteiger partial charge in [-0.1, -0.05) is 0 Å². The lowest BCUT2D eigenvalue weighted by atomic mass is 10.1. The van der Waals surface area contributed by atoms with E-state index in [-0.39, 0.29) is 12.2 Å². The van der Waals surface area contributed by atoms with Crippen molar-refractivity contribution in [3.63, 3.8) is 0 Å². The molecule has 0 saturated carbocycles. The van der Waals surface area contributed by atoms with Crippen LogP contribution in [-0.2, 0) is 6.54 Å². The van der Waals surface area contributed by atoms with Crippen molar-refractivity contribution in [2.24, 2.45) is 0 Å². The fourth-order valence-electron chi connectivity index (χ4n) is 1.51. The summed E-state index contributed by atoms with van der Waals surface area (Å²) in [5.41, 5.74) is -0.719. The van der Waals surface area contributed by atoms with Gasteiger partial charge >= 0.3 is 5.97 Å². The number of carboxylic acid groups (broad SMARTS) is 1. The van der Waals surface area contributed by atoms with Crippen molar-refractivity contribution in [3.8, 4) is 0 Å². The maximum Gasteiger partial charge on any atom is 0.338 e. The highest BCUT2D eigenvalue weighted by Crippen LogP contribution is 2.27. The summed E-state index contributed by atoms with van der Waals surface area (Å²) >= 11 is 6.38. The molecular formula is C12H7Br2F2NO3. The van der Waals surface area contributed by atoms with Crippen LogP contribution in [0.25, 0.3) is 0 Å². The highest BCUT2D eigenvalue weighted by molar-refractivity contribution is 9.13. The van der Waals surface area contributed by atoms with Crippen LogP contribution in [0.15, 0.2) is 31.8 Å². The first kappa shape index (κ1) is 15.0. The van der Waals surface area contributed by atoms with E-state index in [0.29, 0.717) is 21.0 Å². The zero-order valence-electron chi connectivity index (χ0n) is 9.71. The molecule has 0 spiro atoms. The van der Waals surface area contributed by atoms with Crippen LogP contribution in [0.5, 0.6) is 0 Å². The first-order valence-corrected chi connectivity index (χ1v) is 6.87. The number of carbonyl (C=O) groups is 1. The highest BCUT2D eigenvalue weighted by atomic mass is 79.9. The zero-order valence-corrected chi connectivity index (χ0v) is 12.9. The molecule has 2 rings (SSSR count). The number of halogens is 4. The number of aromatic carboxylic acids is 1. The van der Waals surface area contributed by atoms with Gasteiger partial charge in [-0.25, -0.2) is 13.6 Å². The minimum Gasteiger partial charge on any atom is -0.478 e. The number of carboxylic acids is 1. The topological polar surface area (TPSA) is 62.5 Å². The normalized spacial score (nSPS) is 10.6. The molecule has 1 heterocycles. The Morgan fingerprint density at radius 3 is 2.50 bits per heavy atom. The van der Waals surface area contributed by atoms with Gasteiger partial charge in [-0.15, -0.1) is 0 Å². The van der Waals surface area contributed by atoms with E-state index in [2.05, 4.69) is 37.2 Å². The van der Waals surface area contributed by atoms with Gasteiger partial charge < -0.3 is 14.8 Å². The Morgan fingerprint density at radius 1 is 1.25 bits per heavy atom. The fraction of sp³-hybridized carbons (Fsp3) is 0.0833. The molecule has 0 aliphatic rings. The van der Waals surface area contributed by atoms with Crippen LogP contribution in [0.4, 0.5) is 14.5 Å². The van der Waals surface area contributed by atoms with Gasteiger partial charge in [-0.05, 0) is 44.0 Å². The summed E-state index contributed by atoms with van der Waals surface area (Å²) in [4.78, 5) is 10.8. The van der Waals surface area contributed by atoms with E-state index in [1.807, 2.05) is 0 Å². The van der Waals surface area contributed by atoms with E-state index in [9.17, 15) is 13.6 Å². The number of anilines is 1. The van der Waals surface area contributed by atoms with E-state index < -0.39 is 23.2 Å². The molecule has 0 atom stereocenters. The van der Waals surface area contributed by atoms with Crippen molar-refractivity contribution in [2.45, 2.75) is 6.54 Å². The van der Waals surface area contributed by atoms with E-state index in [0.717, 1.165) is 6.07 Å². The molecule has 0 fully saturated rings. The highest BCUT2D eigenvalue weighted by Gasteiger charge is 2.15. The van der Waals surface area contributed by atoms with Gasteiger partial charge in [-0.2, -0.15) is 0 Å². The van der Waals surface area contributed by atoms with Crippen molar-refractivity contribution in [2.75, 3.05) is 5.32 Å². The Bertz CT molecular complexity index is 653. The third kappa shape index (κ3) is 3.18. The van der Waals surface area contributed by atoms with E-state index in [4.69, 9.17) is 9.52 Å². The maximum atomic E-state index is 13.5. The van der Waals surface area contributed by atoms with Gasteiger partial charge in [0.05, 0.1) is 22.3 Å². The Kier molecular flexibility index (Phi) is 4.44. The predicted octanol–water partition coefficient (Wildman–Crippen LogP) is 4.39. The third-order valence-electron chi connectivity index (χ3n) is 2.44. The molecule has 2 N–H and O–H groups in total. The van der Waals surface area contributed by atoms with Crippen molar-refractivity contribution in [3.05, 3.63) is 50.3 Å². The van der Waals surface area contributed by atoms with Gasteiger partial charge in [0.15, 0.2) is 4.67 Å². The first-order chi connectivity index (χ1) is 9.38. The second-order valence-electron chi connectivity index (χ2n) is 3.80. The molecule has 0 aliphatic carbocycles. The summed E-state index contributed by atoms with van der Waals surface area (Å²) in [5, 5.41) is 11.4. The van der Waals surface area contributed by atoms with Gasteiger partial charge in [0.1, 0.15) is 17.4 Å². The Hall–Kier alpha value is -1.41. The quantitative estimate of drug-likeness (QED) is 0.784. The third-order valence-corrected chi connectivity index (χ3v) is 4.15. The summed E-state index contributed by atoms with van der Waals surface area (Å²) in [7, 11) is 0. The summed E-state index contributed by atoms with van der Waals surface area (Å²) in [6, 6.07) is 3.09. The predicted molar refractivity (Wildman–Crippen MR) is 74.8 cm³/mol. The average molecular weight is 411 g/mol. The lowest BCUT2D eigenvalue weighted by molar-refractivity contribution is 0.0692. The van der Waals surface area contributed by atoms with E-state index in [1.54, 1.807) is 6.07 Å². The van der Waals surface area contributed by atoms with Crippen molar-refractivity contribution in [1.29, 1.82) is 0 Å². The Balaban J connectivity index is 2.21. The maximum absolute atomic E-state index is 13.5. The summed E-state index contributed by atoms with van der Waals surface area (Å²) in [5.74, 6) is -2.97. The van der Waals surface area contributed by atoms with Gasteiger partial charge in [0.2, 0.25) is 0 Å². The fourth-order valence-corrected chi connectivity index (χ4v) is 2.17. The Labute approximate surface area is 129 Å². The summed E-state index contributed by atoms with van der Waals surface area (Å²) in [6.07, 6.45) is 0. The molecule has 0 radical (unpaired) electrons. The van der Waals surface area contributed by atoms with Gasteiger partial charge in [0, 0.05) is 6.07 Å². The average Bonchev–Trinajstić information content (AvgIpc) is 2.67. The zero-order chi connectivity index (χ0) is 14.9. The molecule has 20 heavy (non-hydrogen) atoms. The van der Waals surface area contributed by atoms with E-state index in [1.165, 1.54) is 0 Å². The largest absolute Gasteiger partial charge is 0.478 e. The molecule has 0 amide bonds. The summed E-state index contributed by atoms with van der Waals surface area (Å²) < 4.78 is 33.2. The van der Waals surface area contributed by atoms with Crippen LogP contribution in [0.3, 0.4) is 0 Å². The molecule has 1 aromatic carbocycles. The van der Waals surface area contributed by atoms with Crippen LogP contribution in [0.2, 0.25) is 0 Å². The summed E-state index contributed by atoms with van der Waals surface area (Å²) in [6.45, 7) is 0.117. The second kappa shape index (κ2) is 5.92. The lowest BCUT2D eigenvalue weighted by Crippen LogP contribution is -2.06. The minimum absolute atomic E-state index is 0.117. The van der Waals surface area contributed by atoms with E-state index >= 15 is 0 Å². The van der Waals surface area contributed by atoms with Crippen LogP contribution < -0.4 is 5.32 Å². The molecule has 0 unspecified atom stereocenters. The Morgan fingerprint density at radius 2 is 1.95 bits per heavy atom. The number of hydrogen-bond donors (Lipinski definition) is 2. The number of benzene rings is 1. The monoisotopic (exact) mass is 409 g/mol. The molecule has 8 heteroatoms. The van der Waals surface area contributed by atoms with Crippen LogP contribution >= 0.6 is 31.9 Å². The molecule has 2 aromatic rings. The smallest absolute Gasteiger partial charge is 0.338 e. The van der Waals surface area contributed by atoms with Crippen LogP contribution in [-0.4, -0.2) is 11.1 Å². The van der Waals surface area contributed by atoms with Crippen molar-refractivity contribution >= 4 is 43.5 Å². The number of rotatable bonds is 4.